The van der Waals surface area contributed by atoms with Gasteiger partial charge in [0.05, 0.1) is 44.7 Å². The van der Waals surface area contributed by atoms with Gasteiger partial charge in [-0.25, -0.2) is 0 Å². The molecule has 2 aliphatic heterocycles. The Bertz CT molecular complexity index is 1590. The number of esters is 1. The Morgan fingerprint density at radius 3 is 2.41 bits per heavy atom. The lowest BCUT2D eigenvalue weighted by atomic mass is 9.65. The van der Waals surface area contributed by atoms with Gasteiger partial charge in [0.15, 0.2) is 23.0 Å². The van der Waals surface area contributed by atoms with Gasteiger partial charge < -0.3 is 34.1 Å². The number of fused-ring (bicyclic) bond motifs is 4. The molecule has 4 atom stereocenters. The smallest absolute Gasteiger partial charge is 0.310 e. The monoisotopic (exact) mass is 526 g/mol. The van der Waals surface area contributed by atoms with Gasteiger partial charge in [0, 0.05) is 28.8 Å². The average Bonchev–Trinajstić information content (AvgIpc) is 3.58. The number of hydrogen-bond donors (Lipinski definition) is 2. The molecule has 0 bridgehead atoms. The third-order valence-corrected chi connectivity index (χ3v) is 8.03. The van der Waals surface area contributed by atoms with E-state index in [1.807, 2.05) is 48.8 Å². The second kappa shape index (κ2) is 8.97. The van der Waals surface area contributed by atoms with E-state index in [-0.39, 0.29) is 48.6 Å². The molecule has 4 aromatic rings. The first kappa shape index (κ1) is 23.5. The van der Waals surface area contributed by atoms with Crippen molar-refractivity contribution in [3.63, 3.8) is 0 Å². The number of phenols is 1. The van der Waals surface area contributed by atoms with Gasteiger partial charge in [0.1, 0.15) is 0 Å². The lowest BCUT2D eigenvalue weighted by Crippen LogP contribution is -2.37. The predicted molar refractivity (Wildman–Crippen MR) is 142 cm³/mol. The fraction of sp³-hybridized carbons (Fsp3) is 0.267. The molecule has 3 aliphatic rings. The summed E-state index contributed by atoms with van der Waals surface area (Å²) in [4.78, 5) is 17.8. The fourth-order valence-corrected chi connectivity index (χ4v) is 6.24. The standard InChI is InChI=1S/C30H26N2O7/c1-35-24-7-16(8-25(36-2)29(24)33)26-18-9-22-23(39-14-38-22)10-19(18)28(20-13-37-30(34)27(20)26)32-21-12-31-11-15-5-3-4-6-17(15)21/h3-12,20,26-28,32-33H,13-14H2,1-2H3/t20-,26+,27-,28+/m0/s1. The summed E-state index contributed by atoms with van der Waals surface area (Å²) < 4.78 is 28.1. The van der Waals surface area contributed by atoms with Crippen LogP contribution in [0.25, 0.3) is 10.8 Å². The first-order valence-corrected chi connectivity index (χ1v) is 12.7. The molecule has 1 fully saturated rings. The van der Waals surface area contributed by atoms with Gasteiger partial charge in [-0.15, -0.1) is 0 Å². The number of ether oxygens (including phenoxy) is 5. The molecule has 7 rings (SSSR count). The van der Waals surface area contributed by atoms with Crippen molar-refractivity contribution >= 4 is 22.4 Å². The average molecular weight is 527 g/mol. The summed E-state index contributed by atoms with van der Waals surface area (Å²) in [5.74, 6) is 0.320. The predicted octanol–water partition coefficient (Wildman–Crippen LogP) is 4.77. The zero-order chi connectivity index (χ0) is 26.7. The Morgan fingerprint density at radius 2 is 1.67 bits per heavy atom. The molecular weight excluding hydrogens is 500 g/mol. The van der Waals surface area contributed by atoms with Crippen LogP contribution in [0.1, 0.15) is 28.7 Å². The van der Waals surface area contributed by atoms with Crippen LogP contribution in [0.5, 0.6) is 28.7 Å². The molecule has 0 unspecified atom stereocenters. The molecule has 0 saturated carbocycles. The number of anilines is 1. The number of methoxy groups -OCH3 is 2. The van der Waals surface area contributed by atoms with E-state index in [1.54, 1.807) is 12.1 Å². The van der Waals surface area contributed by atoms with Crippen molar-refractivity contribution in [2.45, 2.75) is 12.0 Å². The highest BCUT2D eigenvalue weighted by Crippen LogP contribution is 2.56. The van der Waals surface area contributed by atoms with Crippen molar-refractivity contribution in [3.05, 3.63) is 77.6 Å². The van der Waals surface area contributed by atoms with Crippen molar-refractivity contribution in [3.8, 4) is 28.7 Å². The summed E-state index contributed by atoms with van der Waals surface area (Å²) in [5, 5.41) is 16.3. The topological polar surface area (TPSA) is 108 Å². The quantitative estimate of drug-likeness (QED) is 0.355. The summed E-state index contributed by atoms with van der Waals surface area (Å²) in [6, 6.07) is 15.2. The number of benzene rings is 3. The second-order valence-corrected chi connectivity index (χ2v) is 9.94. The first-order chi connectivity index (χ1) is 19.1. The van der Waals surface area contributed by atoms with Crippen molar-refractivity contribution in [1.29, 1.82) is 0 Å². The minimum absolute atomic E-state index is 0.0981. The van der Waals surface area contributed by atoms with Crippen molar-refractivity contribution in [2.24, 2.45) is 11.8 Å². The fourth-order valence-electron chi connectivity index (χ4n) is 6.24. The van der Waals surface area contributed by atoms with Gasteiger partial charge in [-0.1, -0.05) is 24.3 Å². The largest absolute Gasteiger partial charge is 0.502 e. The highest BCUT2D eigenvalue weighted by molar-refractivity contribution is 5.93. The number of carbonyl (C=O) groups is 1. The zero-order valence-electron chi connectivity index (χ0n) is 21.3. The number of rotatable bonds is 5. The van der Waals surface area contributed by atoms with Gasteiger partial charge in [0.2, 0.25) is 12.5 Å². The van der Waals surface area contributed by atoms with Crippen molar-refractivity contribution in [1.82, 2.24) is 4.98 Å². The van der Waals surface area contributed by atoms with E-state index in [0.717, 1.165) is 33.2 Å². The number of aromatic hydroxyl groups is 1. The van der Waals surface area contributed by atoms with Gasteiger partial charge >= 0.3 is 5.97 Å². The molecule has 0 radical (unpaired) electrons. The molecule has 9 heteroatoms. The van der Waals surface area contributed by atoms with Crippen LogP contribution in [0.2, 0.25) is 0 Å². The van der Waals surface area contributed by atoms with Gasteiger partial charge in [-0.2, -0.15) is 0 Å². The third-order valence-electron chi connectivity index (χ3n) is 8.03. The normalized spacial score (nSPS) is 22.7. The number of aromatic nitrogens is 1. The van der Waals surface area contributed by atoms with E-state index in [4.69, 9.17) is 23.7 Å². The number of pyridine rings is 1. The van der Waals surface area contributed by atoms with E-state index in [1.165, 1.54) is 14.2 Å². The number of hydrogen-bond acceptors (Lipinski definition) is 9. The third kappa shape index (κ3) is 3.60. The molecular formula is C30H26N2O7. The molecule has 2 N–H and O–H groups in total. The molecule has 3 aromatic carbocycles. The lowest BCUT2D eigenvalue weighted by molar-refractivity contribution is -0.141. The van der Waals surface area contributed by atoms with E-state index >= 15 is 0 Å². The summed E-state index contributed by atoms with van der Waals surface area (Å²) in [6.45, 7) is 0.389. The van der Waals surface area contributed by atoms with Crippen LogP contribution >= 0.6 is 0 Å². The second-order valence-electron chi connectivity index (χ2n) is 9.94. The Kier molecular flexibility index (Phi) is 5.40. The van der Waals surface area contributed by atoms with Crippen LogP contribution in [0.3, 0.4) is 0 Å². The minimum atomic E-state index is -0.503. The zero-order valence-corrected chi connectivity index (χ0v) is 21.3. The minimum Gasteiger partial charge on any atom is -0.502 e. The molecule has 1 saturated heterocycles. The van der Waals surface area contributed by atoms with Crippen LogP contribution < -0.4 is 24.3 Å². The van der Waals surface area contributed by atoms with Crippen LogP contribution in [0.15, 0.2) is 60.9 Å². The van der Waals surface area contributed by atoms with Gasteiger partial charge in [0.25, 0.3) is 0 Å². The van der Waals surface area contributed by atoms with Crippen LogP contribution in [0, 0.1) is 11.8 Å². The van der Waals surface area contributed by atoms with Crippen LogP contribution in [0.4, 0.5) is 5.69 Å². The van der Waals surface area contributed by atoms with Crippen LogP contribution in [-0.4, -0.2) is 43.7 Å². The van der Waals surface area contributed by atoms with Crippen molar-refractivity contribution < 1.29 is 33.6 Å². The van der Waals surface area contributed by atoms with E-state index in [0.29, 0.717) is 11.5 Å². The number of phenolic OH excluding ortho intramolecular Hbond substituents is 1. The van der Waals surface area contributed by atoms with E-state index in [2.05, 4.69) is 10.3 Å². The summed E-state index contributed by atoms with van der Waals surface area (Å²) in [6.07, 6.45) is 3.64. The Hall–Kier alpha value is -4.66. The van der Waals surface area contributed by atoms with Gasteiger partial charge in [-0.05, 0) is 41.0 Å². The van der Waals surface area contributed by atoms with E-state index in [9.17, 15) is 9.90 Å². The Balaban J connectivity index is 1.43. The van der Waals surface area contributed by atoms with Gasteiger partial charge in [-0.3, -0.25) is 9.78 Å². The van der Waals surface area contributed by atoms with Crippen LogP contribution in [-0.2, 0) is 9.53 Å². The summed E-state index contributed by atoms with van der Waals surface area (Å²) in [5.41, 5.74) is 3.51. The Morgan fingerprint density at radius 1 is 0.949 bits per heavy atom. The highest BCUT2D eigenvalue weighted by atomic mass is 16.7. The molecule has 0 spiro atoms. The molecule has 39 heavy (non-hydrogen) atoms. The number of carbonyl (C=O) groups excluding carboxylic acids is 1. The summed E-state index contributed by atoms with van der Waals surface area (Å²) >= 11 is 0. The summed E-state index contributed by atoms with van der Waals surface area (Å²) in [7, 11) is 2.96. The SMILES string of the molecule is COc1cc([C@@H]2c3cc4c(cc3[C@@H](Nc3cncc5ccccc35)[C@H]3COC(=O)[C@H]23)OCO4)cc(OC)c1O. The number of cyclic esters (lactones) is 1. The van der Waals surface area contributed by atoms with Crippen molar-refractivity contribution in [2.75, 3.05) is 32.9 Å². The molecule has 198 valence electrons. The van der Waals surface area contributed by atoms with E-state index < -0.39 is 11.8 Å². The lowest BCUT2D eigenvalue weighted by Gasteiger charge is -2.40. The molecule has 0 amide bonds. The Labute approximate surface area is 224 Å². The maximum Gasteiger partial charge on any atom is 0.310 e. The highest BCUT2D eigenvalue weighted by Gasteiger charge is 2.52. The maximum atomic E-state index is 13.4. The molecule has 9 nitrogen and oxygen atoms in total. The first-order valence-electron chi connectivity index (χ1n) is 12.7. The molecule has 3 heterocycles. The molecule has 1 aliphatic carbocycles. The number of nitrogens with zero attached hydrogens (tertiary/aromatic N) is 1. The molecule has 1 aromatic heterocycles. The maximum absolute atomic E-state index is 13.4. The number of nitrogens with one attached hydrogen (secondary N) is 1.